The Balaban J connectivity index is 1.73. The van der Waals surface area contributed by atoms with E-state index < -0.39 is 28.5 Å². The lowest BCUT2D eigenvalue weighted by Gasteiger charge is -2.34. The minimum Gasteiger partial charge on any atom is -0.492 e. The first-order chi connectivity index (χ1) is 20.7. The number of carbonyl (C=O) groups excluding carboxylic acids is 2. The zero-order valence-electron chi connectivity index (χ0n) is 24.7. The highest BCUT2D eigenvalue weighted by atomic mass is 35.5. The van der Waals surface area contributed by atoms with E-state index in [1.807, 2.05) is 37.3 Å². The van der Waals surface area contributed by atoms with Crippen LogP contribution in [-0.2, 0) is 26.2 Å². The van der Waals surface area contributed by atoms with Gasteiger partial charge in [-0.15, -0.1) is 0 Å². The monoisotopic (exact) mass is 625 g/mol. The summed E-state index contributed by atoms with van der Waals surface area (Å²) in [7, 11) is -4.24. The molecule has 4 rings (SSSR count). The molecule has 2 amide bonds. The Bertz CT molecular complexity index is 1460. The highest BCUT2D eigenvalue weighted by Crippen LogP contribution is 2.33. The first kappa shape index (κ1) is 32.4. The molecular weight excluding hydrogens is 586 g/mol. The summed E-state index contributed by atoms with van der Waals surface area (Å²) in [6.07, 6.45) is 5.47. The van der Waals surface area contributed by atoms with Gasteiger partial charge in [-0.05, 0) is 68.1 Å². The van der Waals surface area contributed by atoms with Crippen molar-refractivity contribution in [2.75, 3.05) is 17.5 Å². The number of ether oxygens (including phenoxy) is 1. The molecule has 3 aromatic rings. The number of amides is 2. The van der Waals surface area contributed by atoms with Crippen LogP contribution in [0.1, 0.15) is 57.9 Å². The molecule has 0 aromatic heterocycles. The number of hydrogen-bond donors (Lipinski definition) is 1. The van der Waals surface area contributed by atoms with Crippen LogP contribution in [0.4, 0.5) is 5.69 Å². The highest BCUT2D eigenvalue weighted by molar-refractivity contribution is 7.92. The van der Waals surface area contributed by atoms with E-state index in [-0.39, 0.29) is 29.1 Å². The Hall–Kier alpha value is -3.56. The third-order valence-electron chi connectivity index (χ3n) is 7.65. The first-order valence-corrected chi connectivity index (χ1v) is 16.7. The van der Waals surface area contributed by atoms with Crippen molar-refractivity contribution in [2.45, 2.75) is 75.9 Å². The number of nitrogens with one attached hydrogen (secondary N) is 1. The zero-order chi connectivity index (χ0) is 30.8. The molecule has 3 aromatic carbocycles. The van der Waals surface area contributed by atoms with Crippen molar-refractivity contribution in [2.24, 2.45) is 0 Å². The lowest BCUT2D eigenvalue weighted by atomic mass is 9.95. The molecule has 1 atom stereocenters. The average molecular weight is 626 g/mol. The standard InChI is InChI=1S/C33H40ClN3O5S/c1-3-29(33(39)35-27-15-9-6-10-16-27)36(23-25-13-7-5-8-14-25)32(38)24-37(30-17-11-12-18-31(30)42-4-2)43(40,41)28-21-19-26(34)20-22-28/h5,7-8,11-14,17-22,27,29H,3-4,6,9-10,15-16,23-24H2,1-2H3,(H,35,39). The van der Waals surface area contributed by atoms with Crippen molar-refractivity contribution >= 4 is 39.1 Å². The van der Waals surface area contributed by atoms with Gasteiger partial charge >= 0.3 is 0 Å². The maximum Gasteiger partial charge on any atom is 0.264 e. The number of rotatable bonds is 13. The van der Waals surface area contributed by atoms with Gasteiger partial charge in [0.15, 0.2) is 0 Å². The number of carbonyl (C=O) groups is 2. The Morgan fingerprint density at radius 1 is 0.930 bits per heavy atom. The minimum atomic E-state index is -4.24. The molecule has 1 aliphatic rings. The largest absolute Gasteiger partial charge is 0.492 e. The third-order valence-corrected chi connectivity index (χ3v) is 9.67. The first-order valence-electron chi connectivity index (χ1n) is 14.9. The molecule has 8 nitrogen and oxygen atoms in total. The van der Waals surface area contributed by atoms with E-state index in [0.717, 1.165) is 42.0 Å². The fourth-order valence-corrected chi connectivity index (χ4v) is 6.98. The van der Waals surface area contributed by atoms with Crippen LogP contribution in [0.2, 0.25) is 5.02 Å². The molecule has 10 heteroatoms. The SMILES string of the molecule is CCOc1ccccc1N(CC(=O)N(Cc1ccccc1)C(CC)C(=O)NC1CCCCC1)S(=O)(=O)c1ccc(Cl)cc1. The van der Waals surface area contributed by atoms with Crippen LogP contribution in [-0.4, -0.2) is 50.4 Å². The molecular formula is C33H40ClN3O5S. The van der Waals surface area contributed by atoms with Gasteiger partial charge in [-0.3, -0.25) is 13.9 Å². The van der Waals surface area contributed by atoms with E-state index in [1.54, 1.807) is 31.2 Å². The molecule has 43 heavy (non-hydrogen) atoms. The Morgan fingerprint density at radius 2 is 1.58 bits per heavy atom. The van der Waals surface area contributed by atoms with E-state index in [4.69, 9.17) is 16.3 Å². The smallest absolute Gasteiger partial charge is 0.264 e. The van der Waals surface area contributed by atoms with Gasteiger partial charge in [0, 0.05) is 17.6 Å². The molecule has 0 aliphatic heterocycles. The molecule has 0 heterocycles. The maximum absolute atomic E-state index is 14.3. The van der Waals surface area contributed by atoms with Gasteiger partial charge < -0.3 is 15.0 Å². The van der Waals surface area contributed by atoms with Crippen molar-refractivity contribution in [3.05, 3.63) is 89.4 Å². The van der Waals surface area contributed by atoms with Gasteiger partial charge in [-0.1, -0.05) is 80.3 Å². The summed E-state index contributed by atoms with van der Waals surface area (Å²) in [5.41, 5.74) is 1.06. The number of benzene rings is 3. The summed E-state index contributed by atoms with van der Waals surface area (Å²) in [4.78, 5) is 29.4. The lowest BCUT2D eigenvalue weighted by molar-refractivity contribution is -0.140. The number of halogens is 1. The fourth-order valence-electron chi connectivity index (χ4n) is 5.43. The zero-order valence-corrected chi connectivity index (χ0v) is 26.3. The van der Waals surface area contributed by atoms with E-state index in [2.05, 4.69) is 5.32 Å². The third kappa shape index (κ3) is 8.30. The van der Waals surface area contributed by atoms with Crippen LogP contribution in [0.3, 0.4) is 0 Å². The summed E-state index contributed by atoms with van der Waals surface area (Å²) in [5.74, 6) is -0.397. The second kappa shape index (κ2) is 15.3. The molecule has 0 spiro atoms. The molecule has 1 aliphatic carbocycles. The molecule has 0 saturated heterocycles. The van der Waals surface area contributed by atoms with E-state index in [9.17, 15) is 18.0 Å². The molecule has 0 bridgehead atoms. The lowest BCUT2D eigenvalue weighted by Crippen LogP contribution is -2.54. The molecule has 1 unspecified atom stereocenters. The summed E-state index contributed by atoms with van der Waals surface area (Å²) < 4.78 is 35.1. The average Bonchev–Trinajstić information content (AvgIpc) is 3.01. The van der Waals surface area contributed by atoms with Crippen LogP contribution < -0.4 is 14.4 Å². The van der Waals surface area contributed by atoms with Crippen molar-refractivity contribution in [1.29, 1.82) is 0 Å². The van der Waals surface area contributed by atoms with Gasteiger partial charge in [0.05, 0.1) is 17.2 Å². The topological polar surface area (TPSA) is 96.0 Å². The van der Waals surface area contributed by atoms with E-state index in [0.29, 0.717) is 23.8 Å². The van der Waals surface area contributed by atoms with Crippen LogP contribution in [0.25, 0.3) is 0 Å². The number of sulfonamides is 1. The summed E-state index contributed by atoms with van der Waals surface area (Å²) in [6.45, 7) is 3.59. The molecule has 0 radical (unpaired) electrons. The fraction of sp³-hybridized carbons (Fsp3) is 0.394. The van der Waals surface area contributed by atoms with Crippen molar-refractivity contribution in [3.8, 4) is 5.75 Å². The Kier molecular flexibility index (Phi) is 11.5. The molecule has 1 saturated carbocycles. The van der Waals surface area contributed by atoms with Gasteiger partial charge in [0.25, 0.3) is 10.0 Å². The second-order valence-corrected chi connectivity index (χ2v) is 12.9. The maximum atomic E-state index is 14.3. The normalized spacial score (nSPS) is 14.5. The number of hydrogen-bond acceptors (Lipinski definition) is 5. The predicted octanol–water partition coefficient (Wildman–Crippen LogP) is 6.19. The van der Waals surface area contributed by atoms with Crippen molar-refractivity contribution < 1.29 is 22.7 Å². The van der Waals surface area contributed by atoms with Crippen LogP contribution in [0, 0.1) is 0 Å². The Labute approximate surface area is 260 Å². The van der Waals surface area contributed by atoms with Gasteiger partial charge in [-0.2, -0.15) is 0 Å². The van der Waals surface area contributed by atoms with Crippen LogP contribution in [0.15, 0.2) is 83.8 Å². The summed E-state index contributed by atoms with van der Waals surface area (Å²) in [6, 6.07) is 21.2. The number of anilines is 1. The highest BCUT2D eigenvalue weighted by Gasteiger charge is 2.35. The van der Waals surface area contributed by atoms with Crippen molar-refractivity contribution in [1.82, 2.24) is 10.2 Å². The van der Waals surface area contributed by atoms with E-state index in [1.165, 1.54) is 29.2 Å². The Morgan fingerprint density at radius 3 is 2.23 bits per heavy atom. The second-order valence-electron chi connectivity index (χ2n) is 10.6. The minimum absolute atomic E-state index is 0.0207. The number of nitrogens with zero attached hydrogens (tertiary/aromatic N) is 2. The van der Waals surface area contributed by atoms with Gasteiger partial charge in [0.1, 0.15) is 18.3 Å². The van der Waals surface area contributed by atoms with Crippen LogP contribution >= 0.6 is 11.6 Å². The van der Waals surface area contributed by atoms with Crippen LogP contribution in [0.5, 0.6) is 5.75 Å². The summed E-state index contributed by atoms with van der Waals surface area (Å²) in [5, 5.41) is 3.56. The summed E-state index contributed by atoms with van der Waals surface area (Å²) >= 11 is 6.05. The van der Waals surface area contributed by atoms with Gasteiger partial charge in [-0.25, -0.2) is 8.42 Å². The molecule has 230 valence electrons. The van der Waals surface area contributed by atoms with Crippen molar-refractivity contribution in [3.63, 3.8) is 0 Å². The quantitative estimate of drug-likeness (QED) is 0.244. The number of para-hydroxylation sites is 2. The van der Waals surface area contributed by atoms with Gasteiger partial charge in [0.2, 0.25) is 11.8 Å². The molecule has 1 fully saturated rings. The molecule has 1 N–H and O–H groups in total. The predicted molar refractivity (Wildman–Crippen MR) is 170 cm³/mol. The van der Waals surface area contributed by atoms with E-state index >= 15 is 0 Å².